The second-order valence-electron chi connectivity index (χ2n) is 5.08. The summed E-state index contributed by atoms with van der Waals surface area (Å²) in [6.45, 7) is 10.9. The van der Waals surface area contributed by atoms with Gasteiger partial charge < -0.3 is 10.4 Å². The maximum atomic E-state index is 12.2. The monoisotopic (exact) mass is 258 g/mol. The van der Waals surface area contributed by atoms with E-state index in [1.165, 1.54) is 6.92 Å². The Morgan fingerprint density at radius 2 is 1.67 bits per heavy atom. The number of nitrogens with zero attached hydrogens (tertiary/aromatic N) is 1. The first-order chi connectivity index (χ1) is 8.27. The van der Waals surface area contributed by atoms with Gasteiger partial charge in [0.2, 0.25) is 5.91 Å². The Balaban J connectivity index is 4.74. The van der Waals surface area contributed by atoms with E-state index in [0.29, 0.717) is 0 Å². The number of carbonyl (C=O) groups is 2. The normalized spacial score (nSPS) is 13.4. The molecule has 0 saturated carbocycles. The van der Waals surface area contributed by atoms with Gasteiger partial charge in [-0.1, -0.05) is 13.8 Å². The van der Waals surface area contributed by atoms with Crippen molar-refractivity contribution in [1.82, 2.24) is 10.2 Å². The molecule has 18 heavy (non-hydrogen) atoms. The lowest BCUT2D eigenvalue weighted by atomic mass is 10.00. The van der Waals surface area contributed by atoms with Gasteiger partial charge >= 0.3 is 5.97 Å². The van der Waals surface area contributed by atoms with Crippen molar-refractivity contribution < 1.29 is 14.7 Å². The van der Waals surface area contributed by atoms with Gasteiger partial charge in [-0.15, -0.1) is 0 Å². The molecule has 5 heteroatoms. The third-order valence-corrected chi connectivity index (χ3v) is 3.05. The predicted molar refractivity (Wildman–Crippen MR) is 71.5 cm³/mol. The van der Waals surface area contributed by atoms with Crippen LogP contribution in [0.5, 0.6) is 0 Å². The molecule has 0 saturated heterocycles. The number of carbonyl (C=O) groups excluding carboxylic acids is 1. The molecule has 0 rings (SSSR count). The molecular formula is C13H26N2O3. The standard InChI is InChI=1S/C13H26N2O3/c1-6-8-15(9-7-2)13(4,5)12(18)14-10(3)11(16)17/h10H,6-9H2,1-5H3,(H,14,18)(H,16,17). The fourth-order valence-corrected chi connectivity index (χ4v) is 1.79. The lowest BCUT2D eigenvalue weighted by molar-refractivity contribution is -0.143. The predicted octanol–water partition coefficient (Wildman–Crippen LogP) is 1.48. The maximum Gasteiger partial charge on any atom is 0.325 e. The lowest BCUT2D eigenvalue weighted by Crippen LogP contribution is -2.57. The molecule has 0 aliphatic heterocycles. The first-order valence-corrected chi connectivity index (χ1v) is 6.56. The molecule has 0 fully saturated rings. The summed E-state index contributed by atoms with van der Waals surface area (Å²) in [5, 5.41) is 11.4. The number of aliphatic carboxylic acids is 1. The van der Waals surface area contributed by atoms with E-state index >= 15 is 0 Å². The van der Waals surface area contributed by atoms with Gasteiger partial charge in [-0.2, -0.15) is 0 Å². The van der Waals surface area contributed by atoms with Gasteiger partial charge in [0.15, 0.2) is 0 Å². The van der Waals surface area contributed by atoms with Gasteiger partial charge in [0.05, 0.1) is 5.54 Å². The summed E-state index contributed by atoms with van der Waals surface area (Å²) < 4.78 is 0. The van der Waals surface area contributed by atoms with E-state index in [4.69, 9.17) is 5.11 Å². The molecule has 1 amide bonds. The average molecular weight is 258 g/mol. The van der Waals surface area contributed by atoms with E-state index in [-0.39, 0.29) is 5.91 Å². The van der Waals surface area contributed by atoms with Crippen LogP contribution in [0.15, 0.2) is 0 Å². The van der Waals surface area contributed by atoms with Crippen LogP contribution in [0.2, 0.25) is 0 Å². The second kappa shape index (κ2) is 7.36. The van der Waals surface area contributed by atoms with Gasteiger partial charge in [0.1, 0.15) is 6.04 Å². The molecule has 0 heterocycles. The largest absolute Gasteiger partial charge is 0.480 e. The number of nitrogens with one attached hydrogen (secondary N) is 1. The van der Waals surface area contributed by atoms with Gasteiger partial charge in [0.25, 0.3) is 0 Å². The number of rotatable bonds is 8. The SMILES string of the molecule is CCCN(CCC)C(C)(C)C(=O)NC(C)C(=O)O. The van der Waals surface area contributed by atoms with Crippen LogP contribution in [-0.4, -0.2) is 46.6 Å². The third-order valence-electron chi connectivity index (χ3n) is 3.05. The topological polar surface area (TPSA) is 69.6 Å². The Morgan fingerprint density at radius 3 is 2.00 bits per heavy atom. The van der Waals surface area contributed by atoms with Crippen molar-refractivity contribution in [2.75, 3.05) is 13.1 Å². The minimum atomic E-state index is -1.02. The fraction of sp³-hybridized carbons (Fsp3) is 0.846. The van der Waals surface area contributed by atoms with Crippen LogP contribution in [0.25, 0.3) is 0 Å². The van der Waals surface area contributed by atoms with E-state index in [1.54, 1.807) is 0 Å². The van der Waals surface area contributed by atoms with Crippen LogP contribution < -0.4 is 5.32 Å². The van der Waals surface area contributed by atoms with Gasteiger partial charge in [-0.25, -0.2) is 0 Å². The average Bonchev–Trinajstić information content (AvgIpc) is 2.28. The Kier molecular flexibility index (Phi) is 6.91. The molecule has 0 aromatic rings. The summed E-state index contributed by atoms with van der Waals surface area (Å²) in [5.74, 6) is -1.25. The van der Waals surface area contributed by atoms with Gasteiger partial charge in [-0.05, 0) is 46.7 Å². The molecule has 0 aliphatic rings. The highest BCUT2D eigenvalue weighted by Crippen LogP contribution is 2.16. The Hall–Kier alpha value is -1.10. The summed E-state index contributed by atoms with van der Waals surface area (Å²) >= 11 is 0. The van der Waals surface area contributed by atoms with Crippen LogP contribution >= 0.6 is 0 Å². The minimum Gasteiger partial charge on any atom is -0.480 e. The lowest BCUT2D eigenvalue weighted by Gasteiger charge is -2.37. The molecule has 5 nitrogen and oxygen atoms in total. The summed E-state index contributed by atoms with van der Waals surface area (Å²) in [7, 11) is 0. The summed E-state index contributed by atoms with van der Waals surface area (Å²) in [6, 6.07) is -0.859. The smallest absolute Gasteiger partial charge is 0.325 e. The van der Waals surface area contributed by atoms with Crippen molar-refractivity contribution in [1.29, 1.82) is 0 Å². The molecule has 0 bridgehead atoms. The zero-order chi connectivity index (χ0) is 14.3. The van der Waals surface area contributed by atoms with Crippen molar-refractivity contribution in [3.8, 4) is 0 Å². The van der Waals surface area contributed by atoms with Crippen molar-refractivity contribution in [2.45, 2.75) is 59.0 Å². The fourth-order valence-electron chi connectivity index (χ4n) is 1.79. The molecule has 106 valence electrons. The van der Waals surface area contributed by atoms with E-state index in [0.717, 1.165) is 25.9 Å². The van der Waals surface area contributed by atoms with Crippen molar-refractivity contribution in [3.63, 3.8) is 0 Å². The summed E-state index contributed by atoms with van der Waals surface area (Å²) in [6.07, 6.45) is 1.93. The molecule has 0 aliphatic carbocycles. The van der Waals surface area contributed by atoms with E-state index in [9.17, 15) is 9.59 Å². The van der Waals surface area contributed by atoms with E-state index < -0.39 is 17.6 Å². The van der Waals surface area contributed by atoms with Crippen LogP contribution in [0.4, 0.5) is 0 Å². The van der Waals surface area contributed by atoms with Gasteiger partial charge in [0, 0.05) is 0 Å². The quantitative estimate of drug-likeness (QED) is 0.692. The minimum absolute atomic E-state index is 0.237. The molecule has 1 unspecified atom stereocenters. The highest BCUT2D eigenvalue weighted by molar-refractivity contribution is 5.89. The highest BCUT2D eigenvalue weighted by atomic mass is 16.4. The van der Waals surface area contributed by atoms with Gasteiger partial charge in [-0.3, -0.25) is 14.5 Å². The third kappa shape index (κ3) is 4.64. The van der Waals surface area contributed by atoms with E-state index in [1.807, 2.05) is 13.8 Å². The molecule has 0 spiro atoms. The molecule has 0 aromatic heterocycles. The molecule has 2 N–H and O–H groups in total. The molecule has 1 atom stereocenters. The molecule has 0 radical (unpaired) electrons. The van der Waals surface area contributed by atoms with Crippen molar-refractivity contribution in [2.24, 2.45) is 0 Å². The zero-order valence-electron chi connectivity index (χ0n) is 12.1. The van der Waals surface area contributed by atoms with Crippen LogP contribution in [-0.2, 0) is 9.59 Å². The molecule has 0 aromatic carbocycles. The van der Waals surface area contributed by atoms with Crippen LogP contribution in [0, 0.1) is 0 Å². The first-order valence-electron chi connectivity index (χ1n) is 6.56. The second-order valence-corrected chi connectivity index (χ2v) is 5.08. The summed E-state index contributed by atoms with van der Waals surface area (Å²) in [5.41, 5.74) is -0.685. The highest BCUT2D eigenvalue weighted by Gasteiger charge is 2.34. The van der Waals surface area contributed by atoms with Crippen molar-refractivity contribution in [3.05, 3.63) is 0 Å². The van der Waals surface area contributed by atoms with Crippen LogP contribution in [0.3, 0.4) is 0 Å². The molecular weight excluding hydrogens is 232 g/mol. The van der Waals surface area contributed by atoms with Crippen LogP contribution in [0.1, 0.15) is 47.5 Å². The maximum absolute atomic E-state index is 12.2. The van der Waals surface area contributed by atoms with E-state index in [2.05, 4.69) is 24.1 Å². The zero-order valence-corrected chi connectivity index (χ0v) is 12.1. The number of hydrogen-bond donors (Lipinski definition) is 2. The Labute approximate surface area is 110 Å². The Morgan fingerprint density at radius 1 is 1.22 bits per heavy atom. The number of amides is 1. The number of carboxylic acids is 1. The van der Waals surface area contributed by atoms with Crippen molar-refractivity contribution >= 4 is 11.9 Å². The summed E-state index contributed by atoms with van der Waals surface area (Å²) in [4.78, 5) is 25.0. The number of carboxylic acid groups (broad SMARTS) is 1. The Bertz CT molecular complexity index is 284. The first kappa shape index (κ1) is 16.9. The number of hydrogen-bond acceptors (Lipinski definition) is 3.